The van der Waals surface area contributed by atoms with Crippen LogP contribution in [-0.4, -0.2) is 36.5 Å². The molecule has 3 fully saturated rings. The lowest BCUT2D eigenvalue weighted by Crippen LogP contribution is -2.42. The quantitative estimate of drug-likeness (QED) is 0.857. The van der Waals surface area contributed by atoms with Crippen LogP contribution in [-0.2, 0) is 4.79 Å². The number of hydrogen-bond acceptors (Lipinski definition) is 2. The summed E-state index contributed by atoms with van der Waals surface area (Å²) in [6.07, 6.45) is 4.91. The van der Waals surface area contributed by atoms with E-state index in [2.05, 4.69) is 37.9 Å². The van der Waals surface area contributed by atoms with E-state index in [1.54, 1.807) is 0 Å². The van der Waals surface area contributed by atoms with Gasteiger partial charge in [-0.05, 0) is 55.5 Å². The van der Waals surface area contributed by atoms with E-state index in [1.165, 1.54) is 25.7 Å². The minimum absolute atomic E-state index is 0.172. The Bertz CT molecular complexity index is 378. The highest BCUT2D eigenvalue weighted by Crippen LogP contribution is 2.69. The summed E-state index contributed by atoms with van der Waals surface area (Å²) in [7, 11) is 0. The molecule has 3 heteroatoms. The molecule has 0 radical (unpaired) electrons. The average Bonchev–Trinajstić information content (AvgIpc) is 3.26. The lowest BCUT2D eigenvalue weighted by atomic mass is 9.97. The molecule has 20 heavy (non-hydrogen) atoms. The molecule has 3 nitrogen and oxygen atoms in total. The largest absolute Gasteiger partial charge is 0.339 e. The third-order valence-electron chi connectivity index (χ3n) is 6.45. The van der Waals surface area contributed by atoms with Gasteiger partial charge in [-0.25, -0.2) is 0 Å². The molecular weight excluding hydrogens is 248 g/mol. The molecule has 1 saturated heterocycles. The van der Waals surface area contributed by atoms with Gasteiger partial charge in [0.15, 0.2) is 0 Å². The molecule has 1 N–H and O–H groups in total. The lowest BCUT2D eigenvalue weighted by Gasteiger charge is -2.31. The van der Waals surface area contributed by atoms with Crippen molar-refractivity contribution >= 4 is 5.91 Å². The zero-order chi connectivity index (χ0) is 14.5. The van der Waals surface area contributed by atoms with Crippen LogP contribution in [0.1, 0.15) is 53.4 Å². The van der Waals surface area contributed by atoms with Crippen LogP contribution in [0, 0.1) is 22.7 Å². The van der Waals surface area contributed by atoms with Crippen LogP contribution in [0.3, 0.4) is 0 Å². The smallest absolute Gasteiger partial charge is 0.227 e. The third kappa shape index (κ3) is 2.28. The van der Waals surface area contributed by atoms with E-state index in [-0.39, 0.29) is 16.7 Å². The molecule has 0 aromatic heterocycles. The minimum Gasteiger partial charge on any atom is -0.339 e. The van der Waals surface area contributed by atoms with Crippen LogP contribution in [0.4, 0.5) is 0 Å². The van der Waals surface area contributed by atoms with E-state index < -0.39 is 0 Å². The Morgan fingerprint density at radius 3 is 2.05 bits per heavy atom. The highest BCUT2D eigenvalue weighted by Gasteiger charge is 2.69. The van der Waals surface area contributed by atoms with Crippen LogP contribution < -0.4 is 5.32 Å². The molecule has 0 aromatic rings. The molecule has 0 atom stereocenters. The summed E-state index contributed by atoms with van der Waals surface area (Å²) >= 11 is 0. The molecule has 114 valence electrons. The fraction of sp³-hybridized carbons (Fsp3) is 0.941. The molecule has 0 aromatic carbocycles. The number of piperidine rings is 1. The monoisotopic (exact) mass is 278 g/mol. The molecular formula is C17H30N2O. The predicted molar refractivity (Wildman–Crippen MR) is 81.4 cm³/mol. The molecule has 1 amide bonds. The first-order chi connectivity index (χ1) is 9.35. The van der Waals surface area contributed by atoms with Crippen LogP contribution in [0.2, 0.25) is 0 Å². The van der Waals surface area contributed by atoms with Crippen molar-refractivity contribution in [2.45, 2.75) is 59.4 Å². The first-order valence-corrected chi connectivity index (χ1v) is 8.37. The van der Waals surface area contributed by atoms with Gasteiger partial charge in [-0.3, -0.25) is 4.79 Å². The summed E-state index contributed by atoms with van der Waals surface area (Å²) in [4.78, 5) is 15.3. The molecule has 2 saturated carbocycles. The van der Waals surface area contributed by atoms with Gasteiger partial charge in [0, 0.05) is 18.5 Å². The molecule has 3 aliphatic rings. The van der Waals surface area contributed by atoms with Crippen LogP contribution in [0.25, 0.3) is 0 Å². The molecule has 2 aliphatic carbocycles. The second-order valence-electron chi connectivity index (χ2n) is 8.29. The van der Waals surface area contributed by atoms with Crippen molar-refractivity contribution < 1.29 is 4.79 Å². The van der Waals surface area contributed by atoms with E-state index in [4.69, 9.17) is 0 Å². The number of carbonyl (C=O) groups is 1. The summed E-state index contributed by atoms with van der Waals surface area (Å²) in [5.41, 5.74) is 0.344. The van der Waals surface area contributed by atoms with E-state index in [0.717, 1.165) is 19.6 Å². The normalized spacial score (nSPS) is 29.2. The fourth-order valence-corrected chi connectivity index (χ4v) is 4.13. The second kappa shape index (κ2) is 4.72. The van der Waals surface area contributed by atoms with Gasteiger partial charge in [0.05, 0.1) is 0 Å². The Labute approximate surface area is 123 Å². The topological polar surface area (TPSA) is 32.3 Å². The van der Waals surface area contributed by atoms with Crippen LogP contribution in [0.15, 0.2) is 0 Å². The first kappa shape index (κ1) is 14.4. The number of hydrogen-bond donors (Lipinski definition) is 1. The van der Waals surface area contributed by atoms with E-state index in [1.807, 2.05) is 0 Å². The Morgan fingerprint density at radius 2 is 1.60 bits per heavy atom. The Morgan fingerprint density at radius 1 is 1.05 bits per heavy atom. The molecule has 3 rings (SSSR count). The molecule has 1 heterocycles. The number of nitrogens with one attached hydrogen (secondary N) is 1. The van der Waals surface area contributed by atoms with Crippen molar-refractivity contribution in [3.8, 4) is 0 Å². The third-order valence-corrected chi connectivity index (χ3v) is 6.45. The van der Waals surface area contributed by atoms with Gasteiger partial charge >= 0.3 is 0 Å². The Kier molecular flexibility index (Phi) is 3.39. The maximum absolute atomic E-state index is 13.0. The highest BCUT2D eigenvalue weighted by atomic mass is 16.2. The summed E-state index contributed by atoms with van der Waals surface area (Å²) in [6.45, 7) is 12.3. The average molecular weight is 278 g/mol. The number of nitrogens with zero attached hydrogens (tertiary/aromatic N) is 1. The molecule has 0 unspecified atom stereocenters. The zero-order valence-electron chi connectivity index (χ0n) is 13.5. The van der Waals surface area contributed by atoms with Gasteiger partial charge in [-0.1, -0.05) is 27.7 Å². The standard InChI is InChI=1S/C17H30N2O/c1-16(2)14(17(16,3)4)15(20)19(13-5-6-13)11-12-7-9-18-10-8-12/h12-14,18H,5-11H2,1-4H3. The van der Waals surface area contributed by atoms with E-state index in [9.17, 15) is 4.79 Å². The van der Waals surface area contributed by atoms with Gasteiger partial charge in [-0.2, -0.15) is 0 Å². The van der Waals surface area contributed by atoms with Gasteiger partial charge in [0.25, 0.3) is 0 Å². The van der Waals surface area contributed by atoms with Gasteiger partial charge in [0.2, 0.25) is 5.91 Å². The second-order valence-corrected chi connectivity index (χ2v) is 8.29. The van der Waals surface area contributed by atoms with Crippen LogP contribution in [0.5, 0.6) is 0 Å². The predicted octanol–water partition coefficient (Wildman–Crippen LogP) is 2.66. The van der Waals surface area contributed by atoms with Crippen LogP contribution >= 0.6 is 0 Å². The summed E-state index contributed by atoms with van der Waals surface area (Å²) < 4.78 is 0. The van der Waals surface area contributed by atoms with Gasteiger partial charge in [0.1, 0.15) is 0 Å². The number of amides is 1. The highest BCUT2D eigenvalue weighted by molar-refractivity contribution is 5.84. The number of carbonyl (C=O) groups excluding carboxylic acids is 1. The molecule has 0 bridgehead atoms. The van der Waals surface area contributed by atoms with Crippen molar-refractivity contribution in [1.29, 1.82) is 0 Å². The molecule has 1 aliphatic heterocycles. The lowest BCUT2D eigenvalue weighted by molar-refractivity contribution is -0.135. The van der Waals surface area contributed by atoms with E-state index >= 15 is 0 Å². The SMILES string of the molecule is CC1(C)C(C(=O)N(CC2CCNCC2)C2CC2)C1(C)C. The first-order valence-electron chi connectivity index (χ1n) is 8.37. The van der Waals surface area contributed by atoms with Crippen molar-refractivity contribution in [1.82, 2.24) is 10.2 Å². The van der Waals surface area contributed by atoms with Crippen molar-refractivity contribution in [3.63, 3.8) is 0 Å². The Balaban J connectivity index is 1.67. The Hall–Kier alpha value is -0.570. The van der Waals surface area contributed by atoms with E-state index in [0.29, 0.717) is 17.9 Å². The number of rotatable bonds is 4. The van der Waals surface area contributed by atoms with Gasteiger partial charge in [-0.15, -0.1) is 0 Å². The van der Waals surface area contributed by atoms with Gasteiger partial charge < -0.3 is 10.2 Å². The summed E-state index contributed by atoms with van der Waals surface area (Å²) in [5.74, 6) is 1.39. The van der Waals surface area contributed by atoms with Crippen molar-refractivity contribution in [3.05, 3.63) is 0 Å². The molecule has 0 spiro atoms. The van der Waals surface area contributed by atoms with Crippen molar-refractivity contribution in [2.24, 2.45) is 22.7 Å². The summed E-state index contributed by atoms with van der Waals surface area (Å²) in [5, 5.41) is 3.42. The summed E-state index contributed by atoms with van der Waals surface area (Å²) in [6, 6.07) is 0.560. The fourth-order valence-electron chi connectivity index (χ4n) is 4.13. The zero-order valence-corrected chi connectivity index (χ0v) is 13.5. The maximum atomic E-state index is 13.0. The van der Waals surface area contributed by atoms with Crippen molar-refractivity contribution in [2.75, 3.05) is 19.6 Å². The maximum Gasteiger partial charge on any atom is 0.227 e. The minimum atomic E-state index is 0.172.